The van der Waals surface area contributed by atoms with E-state index in [0.29, 0.717) is 34.7 Å². The Kier molecular flexibility index (Phi) is 8.13. The van der Waals surface area contributed by atoms with Crippen LogP contribution in [-0.2, 0) is 17.9 Å². The lowest BCUT2D eigenvalue weighted by Crippen LogP contribution is -2.28. The molecule has 39 heavy (non-hydrogen) atoms. The van der Waals surface area contributed by atoms with Crippen molar-refractivity contribution in [2.75, 3.05) is 7.11 Å². The van der Waals surface area contributed by atoms with Gasteiger partial charge in [0, 0.05) is 0 Å². The normalized spacial score (nSPS) is 15.3. The molecule has 0 N–H and O–H groups in total. The Morgan fingerprint density at radius 2 is 1.59 bits per heavy atom. The van der Waals surface area contributed by atoms with E-state index < -0.39 is 0 Å². The monoisotopic (exact) mass is 534 g/mol. The molecule has 1 amide bonds. The van der Waals surface area contributed by atoms with E-state index in [4.69, 9.17) is 14.5 Å². The second-order valence-electron chi connectivity index (χ2n) is 9.41. The number of aliphatic imine (C=N–C) groups is 1. The maximum Gasteiger partial charge on any atom is 0.267 e. The van der Waals surface area contributed by atoms with E-state index in [-0.39, 0.29) is 5.91 Å². The van der Waals surface area contributed by atoms with Crippen molar-refractivity contribution >= 4 is 34.6 Å². The summed E-state index contributed by atoms with van der Waals surface area (Å²) in [7, 11) is 1.62. The van der Waals surface area contributed by atoms with Gasteiger partial charge in [-0.1, -0.05) is 83.9 Å². The Morgan fingerprint density at radius 3 is 2.33 bits per heavy atom. The first kappa shape index (κ1) is 26.3. The van der Waals surface area contributed by atoms with Gasteiger partial charge < -0.3 is 9.47 Å². The second-order valence-corrected chi connectivity index (χ2v) is 10.4. The van der Waals surface area contributed by atoms with Crippen LogP contribution in [0.1, 0.15) is 27.8 Å². The Balaban J connectivity index is 1.40. The molecule has 0 spiro atoms. The summed E-state index contributed by atoms with van der Waals surface area (Å²) < 4.78 is 11.7. The van der Waals surface area contributed by atoms with Gasteiger partial charge in [-0.15, -0.1) is 0 Å². The molecular formula is C33H30N2O3S. The summed E-state index contributed by atoms with van der Waals surface area (Å²) in [6.07, 6.45) is 1.88. The van der Waals surface area contributed by atoms with Crippen molar-refractivity contribution in [3.8, 4) is 11.5 Å². The van der Waals surface area contributed by atoms with Crippen LogP contribution in [0.5, 0.6) is 11.5 Å². The SMILES string of the molecule is COc1cc(/C=C2/SC(=Nc3ccc(C)cc3)N(Cc3ccccc3)C2=O)ccc1OCc1cccc(C)c1. The highest BCUT2D eigenvalue weighted by Gasteiger charge is 2.33. The number of ether oxygens (including phenoxy) is 2. The number of hydrogen-bond acceptors (Lipinski definition) is 5. The first-order valence-corrected chi connectivity index (χ1v) is 13.6. The molecule has 4 aromatic carbocycles. The van der Waals surface area contributed by atoms with Gasteiger partial charge in [0.05, 0.1) is 24.2 Å². The van der Waals surface area contributed by atoms with Gasteiger partial charge in [0.25, 0.3) is 5.91 Å². The molecule has 0 radical (unpaired) electrons. The van der Waals surface area contributed by atoms with Crippen molar-refractivity contribution in [3.63, 3.8) is 0 Å². The third-order valence-electron chi connectivity index (χ3n) is 6.29. The Hall–Kier alpha value is -4.29. The van der Waals surface area contributed by atoms with E-state index in [0.717, 1.165) is 27.9 Å². The van der Waals surface area contributed by atoms with Crippen molar-refractivity contribution in [2.24, 2.45) is 4.99 Å². The van der Waals surface area contributed by atoms with Crippen LogP contribution in [-0.4, -0.2) is 23.1 Å². The number of hydrogen-bond donors (Lipinski definition) is 0. The summed E-state index contributed by atoms with van der Waals surface area (Å²) in [5.41, 5.74) is 6.15. The van der Waals surface area contributed by atoms with Crippen LogP contribution in [0.15, 0.2) is 107 Å². The first-order valence-electron chi connectivity index (χ1n) is 12.8. The number of rotatable bonds is 8. The predicted octanol–water partition coefficient (Wildman–Crippen LogP) is 7.70. The number of nitrogens with zero attached hydrogens (tertiary/aromatic N) is 2. The average Bonchev–Trinajstić information content (AvgIpc) is 3.22. The minimum Gasteiger partial charge on any atom is -0.493 e. The topological polar surface area (TPSA) is 51.1 Å². The lowest BCUT2D eigenvalue weighted by Gasteiger charge is -2.15. The zero-order valence-electron chi connectivity index (χ0n) is 22.3. The molecule has 0 bridgehead atoms. The van der Waals surface area contributed by atoms with Crippen LogP contribution in [0.4, 0.5) is 5.69 Å². The first-order chi connectivity index (χ1) is 19.0. The van der Waals surface area contributed by atoms with Crippen LogP contribution in [0.25, 0.3) is 6.08 Å². The number of benzene rings is 4. The summed E-state index contributed by atoms with van der Waals surface area (Å²) in [6, 6.07) is 31.9. The number of methoxy groups -OCH3 is 1. The number of amides is 1. The molecule has 0 aliphatic carbocycles. The third kappa shape index (κ3) is 6.59. The molecule has 1 saturated heterocycles. The number of carbonyl (C=O) groups is 1. The van der Waals surface area contributed by atoms with E-state index >= 15 is 0 Å². The minimum absolute atomic E-state index is 0.0755. The van der Waals surface area contributed by atoms with Crippen molar-refractivity contribution < 1.29 is 14.3 Å². The van der Waals surface area contributed by atoms with Crippen LogP contribution >= 0.6 is 11.8 Å². The number of amidine groups is 1. The fraction of sp³-hybridized carbons (Fsp3) is 0.152. The standard InChI is InChI=1S/C33H30N2O3S/c1-23-12-15-28(16-13-23)34-33-35(21-25-9-5-4-6-10-25)32(36)31(39-33)20-26-14-17-29(30(19-26)37-3)38-22-27-11-7-8-24(2)18-27/h4-20H,21-22H2,1-3H3/b31-20+,34-33?. The summed E-state index contributed by atoms with van der Waals surface area (Å²) >= 11 is 1.38. The van der Waals surface area contributed by atoms with E-state index in [9.17, 15) is 4.79 Å². The highest BCUT2D eigenvalue weighted by Crippen LogP contribution is 2.37. The Bertz CT molecular complexity index is 1530. The largest absolute Gasteiger partial charge is 0.493 e. The lowest BCUT2D eigenvalue weighted by atomic mass is 10.1. The summed E-state index contributed by atoms with van der Waals surface area (Å²) in [6.45, 7) is 5.00. The van der Waals surface area contributed by atoms with E-state index in [1.165, 1.54) is 17.3 Å². The van der Waals surface area contributed by atoms with Gasteiger partial charge in [-0.25, -0.2) is 4.99 Å². The molecule has 0 saturated carbocycles. The number of thioether (sulfide) groups is 1. The fourth-order valence-corrected chi connectivity index (χ4v) is 5.23. The van der Waals surface area contributed by atoms with Crippen LogP contribution in [0.3, 0.4) is 0 Å². The molecular weight excluding hydrogens is 504 g/mol. The van der Waals surface area contributed by atoms with Gasteiger partial charge in [-0.2, -0.15) is 0 Å². The van der Waals surface area contributed by atoms with Gasteiger partial charge in [-0.05, 0) is 72.6 Å². The molecule has 6 heteroatoms. The smallest absolute Gasteiger partial charge is 0.267 e. The van der Waals surface area contributed by atoms with Gasteiger partial charge in [0.1, 0.15) is 6.61 Å². The average molecular weight is 535 g/mol. The minimum atomic E-state index is -0.0755. The van der Waals surface area contributed by atoms with E-state index in [1.54, 1.807) is 12.0 Å². The zero-order valence-corrected chi connectivity index (χ0v) is 23.1. The molecule has 196 valence electrons. The van der Waals surface area contributed by atoms with Gasteiger partial charge >= 0.3 is 0 Å². The molecule has 1 aliphatic rings. The Labute approximate surface area is 233 Å². The van der Waals surface area contributed by atoms with Crippen molar-refractivity contribution in [1.82, 2.24) is 4.90 Å². The highest BCUT2D eigenvalue weighted by atomic mass is 32.2. The van der Waals surface area contributed by atoms with E-state index in [1.807, 2.05) is 97.9 Å². The molecule has 1 fully saturated rings. The highest BCUT2D eigenvalue weighted by molar-refractivity contribution is 8.18. The lowest BCUT2D eigenvalue weighted by molar-refractivity contribution is -0.122. The molecule has 0 atom stereocenters. The zero-order chi connectivity index (χ0) is 27.2. The molecule has 0 unspecified atom stereocenters. The van der Waals surface area contributed by atoms with Crippen LogP contribution in [0.2, 0.25) is 0 Å². The van der Waals surface area contributed by atoms with Crippen molar-refractivity contribution in [2.45, 2.75) is 27.0 Å². The summed E-state index contributed by atoms with van der Waals surface area (Å²) in [5, 5.41) is 0.657. The summed E-state index contributed by atoms with van der Waals surface area (Å²) in [5.74, 6) is 1.19. The van der Waals surface area contributed by atoms with Crippen LogP contribution in [0, 0.1) is 13.8 Å². The molecule has 0 aromatic heterocycles. The number of aryl methyl sites for hydroxylation is 2. The van der Waals surface area contributed by atoms with Crippen molar-refractivity contribution in [1.29, 1.82) is 0 Å². The molecule has 4 aromatic rings. The predicted molar refractivity (Wildman–Crippen MR) is 159 cm³/mol. The summed E-state index contributed by atoms with van der Waals surface area (Å²) in [4.78, 5) is 20.7. The van der Waals surface area contributed by atoms with Crippen molar-refractivity contribution in [3.05, 3.63) is 130 Å². The Morgan fingerprint density at radius 1 is 0.821 bits per heavy atom. The van der Waals surface area contributed by atoms with Gasteiger partial charge in [0.2, 0.25) is 0 Å². The maximum atomic E-state index is 13.6. The van der Waals surface area contributed by atoms with Gasteiger partial charge in [0.15, 0.2) is 16.7 Å². The van der Waals surface area contributed by atoms with Crippen LogP contribution < -0.4 is 9.47 Å². The van der Waals surface area contributed by atoms with E-state index in [2.05, 4.69) is 19.1 Å². The fourth-order valence-electron chi connectivity index (χ4n) is 4.23. The maximum absolute atomic E-state index is 13.6. The number of carbonyl (C=O) groups excluding carboxylic acids is 1. The molecule has 5 nitrogen and oxygen atoms in total. The molecule has 5 rings (SSSR count). The third-order valence-corrected chi connectivity index (χ3v) is 7.30. The quantitative estimate of drug-likeness (QED) is 0.217. The second kappa shape index (κ2) is 12.0. The molecule has 1 heterocycles. The molecule has 1 aliphatic heterocycles. The van der Waals surface area contributed by atoms with Gasteiger partial charge in [-0.3, -0.25) is 9.69 Å².